The zero-order valence-corrected chi connectivity index (χ0v) is 9.94. The van der Waals surface area contributed by atoms with Gasteiger partial charge in [-0.05, 0) is 19.0 Å². The molecular weight excluding hydrogens is 236 g/mol. The van der Waals surface area contributed by atoms with Crippen LogP contribution in [0.15, 0.2) is 36.9 Å². The van der Waals surface area contributed by atoms with E-state index in [2.05, 4.69) is 10.3 Å². The van der Waals surface area contributed by atoms with Crippen LogP contribution < -0.4 is 5.32 Å². The van der Waals surface area contributed by atoms with E-state index in [0.29, 0.717) is 12.1 Å². The van der Waals surface area contributed by atoms with E-state index in [9.17, 15) is 8.78 Å². The third-order valence-corrected chi connectivity index (χ3v) is 2.68. The average Bonchev–Trinajstić information content (AvgIpc) is 2.87. The van der Waals surface area contributed by atoms with Gasteiger partial charge in [0.2, 0.25) is 0 Å². The molecule has 0 bridgehead atoms. The third kappa shape index (κ3) is 3.37. The highest BCUT2D eigenvalue weighted by atomic mass is 19.2. The summed E-state index contributed by atoms with van der Waals surface area (Å²) >= 11 is 0. The number of nitrogens with zero attached hydrogens (tertiary/aromatic N) is 2. The first-order valence-corrected chi connectivity index (χ1v) is 5.86. The van der Waals surface area contributed by atoms with Gasteiger partial charge in [0.15, 0.2) is 11.6 Å². The zero-order chi connectivity index (χ0) is 12.8. The van der Waals surface area contributed by atoms with Crippen molar-refractivity contribution in [1.29, 1.82) is 0 Å². The molecule has 0 saturated heterocycles. The maximum absolute atomic E-state index is 13.3. The molecule has 2 rings (SSSR count). The Morgan fingerprint density at radius 1 is 1.28 bits per heavy atom. The average molecular weight is 251 g/mol. The highest BCUT2D eigenvalue weighted by Crippen LogP contribution is 2.10. The van der Waals surface area contributed by atoms with E-state index in [1.807, 2.05) is 10.8 Å². The number of imidazole rings is 1. The van der Waals surface area contributed by atoms with Gasteiger partial charge in [0.25, 0.3) is 0 Å². The largest absolute Gasteiger partial charge is 0.337 e. The van der Waals surface area contributed by atoms with Gasteiger partial charge >= 0.3 is 0 Å². The summed E-state index contributed by atoms with van der Waals surface area (Å²) in [6.45, 7) is 1.94. The lowest BCUT2D eigenvalue weighted by Gasteiger charge is -2.06. The fourth-order valence-electron chi connectivity index (χ4n) is 1.71. The first-order valence-electron chi connectivity index (χ1n) is 5.86. The van der Waals surface area contributed by atoms with Crippen molar-refractivity contribution in [2.45, 2.75) is 19.5 Å². The van der Waals surface area contributed by atoms with Crippen LogP contribution >= 0.6 is 0 Å². The molecule has 1 aromatic carbocycles. The molecule has 0 atom stereocenters. The molecule has 0 aliphatic carbocycles. The van der Waals surface area contributed by atoms with Gasteiger partial charge in [-0.25, -0.2) is 13.8 Å². The number of benzene rings is 1. The topological polar surface area (TPSA) is 29.9 Å². The van der Waals surface area contributed by atoms with Crippen LogP contribution in [0.1, 0.15) is 12.0 Å². The Kier molecular flexibility index (Phi) is 4.41. The Hall–Kier alpha value is -1.75. The minimum absolute atomic E-state index is 0.341. The van der Waals surface area contributed by atoms with Gasteiger partial charge in [0, 0.05) is 31.0 Å². The summed E-state index contributed by atoms with van der Waals surface area (Å²) in [4.78, 5) is 3.94. The molecule has 0 unspecified atom stereocenters. The molecule has 1 N–H and O–H groups in total. The number of rotatable bonds is 6. The molecule has 5 heteroatoms. The molecule has 0 amide bonds. The molecule has 1 heterocycles. The van der Waals surface area contributed by atoms with Crippen molar-refractivity contribution in [2.75, 3.05) is 6.54 Å². The van der Waals surface area contributed by atoms with Crippen LogP contribution in [0, 0.1) is 11.6 Å². The number of aromatic nitrogens is 2. The van der Waals surface area contributed by atoms with Gasteiger partial charge in [-0.2, -0.15) is 0 Å². The van der Waals surface area contributed by atoms with E-state index in [4.69, 9.17) is 0 Å². The second kappa shape index (κ2) is 6.26. The minimum atomic E-state index is -0.798. The molecule has 1 aromatic heterocycles. The van der Waals surface area contributed by atoms with Crippen molar-refractivity contribution in [1.82, 2.24) is 14.9 Å². The van der Waals surface area contributed by atoms with Crippen LogP contribution in [0.2, 0.25) is 0 Å². The van der Waals surface area contributed by atoms with Crippen molar-refractivity contribution in [3.05, 3.63) is 54.1 Å². The van der Waals surface area contributed by atoms with Crippen molar-refractivity contribution in [2.24, 2.45) is 0 Å². The fraction of sp³-hybridized carbons (Fsp3) is 0.308. The van der Waals surface area contributed by atoms with Gasteiger partial charge in [-0.3, -0.25) is 0 Å². The molecule has 3 nitrogen and oxygen atoms in total. The van der Waals surface area contributed by atoms with Crippen molar-refractivity contribution >= 4 is 0 Å². The molecule has 96 valence electrons. The lowest BCUT2D eigenvalue weighted by atomic mass is 10.2. The Balaban J connectivity index is 1.70. The van der Waals surface area contributed by atoms with Gasteiger partial charge < -0.3 is 9.88 Å². The van der Waals surface area contributed by atoms with Crippen LogP contribution in [0.5, 0.6) is 0 Å². The highest BCUT2D eigenvalue weighted by molar-refractivity contribution is 5.18. The lowest BCUT2D eigenvalue weighted by molar-refractivity contribution is 0.490. The second-order valence-electron chi connectivity index (χ2n) is 4.04. The maximum Gasteiger partial charge on any atom is 0.163 e. The van der Waals surface area contributed by atoms with Crippen LogP contribution in [-0.4, -0.2) is 16.1 Å². The summed E-state index contributed by atoms with van der Waals surface area (Å²) in [5.74, 6) is -1.56. The Morgan fingerprint density at radius 2 is 2.17 bits per heavy atom. The summed E-state index contributed by atoms with van der Waals surface area (Å²) in [6, 6.07) is 4.22. The summed E-state index contributed by atoms with van der Waals surface area (Å²) < 4.78 is 28.2. The van der Waals surface area contributed by atoms with Crippen LogP contribution in [0.4, 0.5) is 8.78 Å². The molecule has 0 radical (unpaired) electrons. The first kappa shape index (κ1) is 12.7. The van der Waals surface area contributed by atoms with E-state index in [0.717, 1.165) is 25.6 Å². The normalized spacial score (nSPS) is 10.8. The standard InChI is InChI=1S/C13H15F2N3/c14-12-4-1-3-11(13(12)15)9-16-5-2-7-18-8-6-17-10-18/h1,3-4,6,8,10,16H,2,5,7,9H2. The molecule has 18 heavy (non-hydrogen) atoms. The van der Waals surface area contributed by atoms with E-state index in [-0.39, 0.29) is 0 Å². The van der Waals surface area contributed by atoms with Crippen molar-refractivity contribution < 1.29 is 8.78 Å². The Bertz CT molecular complexity index is 483. The number of halogens is 2. The van der Waals surface area contributed by atoms with Crippen molar-refractivity contribution in [3.8, 4) is 0 Å². The third-order valence-electron chi connectivity index (χ3n) is 2.68. The van der Waals surface area contributed by atoms with E-state index in [1.165, 1.54) is 6.07 Å². The second-order valence-corrected chi connectivity index (χ2v) is 4.04. The quantitative estimate of drug-likeness (QED) is 0.799. The SMILES string of the molecule is Fc1cccc(CNCCCn2ccnc2)c1F. The number of hydrogen-bond donors (Lipinski definition) is 1. The molecular formula is C13H15F2N3. The maximum atomic E-state index is 13.3. The fourth-order valence-corrected chi connectivity index (χ4v) is 1.71. The summed E-state index contributed by atoms with van der Waals surface area (Å²) in [5.41, 5.74) is 0.359. The summed E-state index contributed by atoms with van der Waals surface area (Å²) in [5, 5.41) is 3.09. The van der Waals surface area contributed by atoms with E-state index >= 15 is 0 Å². The predicted octanol–water partition coefficient (Wildman–Crippen LogP) is 2.34. The molecule has 2 aromatic rings. The van der Waals surface area contributed by atoms with E-state index < -0.39 is 11.6 Å². The monoisotopic (exact) mass is 251 g/mol. The first-order chi connectivity index (χ1) is 8.77. The Morgan fingerprint density at radius 3 is 2.94 bits per heavy atom. The van der Waals surface area contributed by atoms with Crippen LogP contribution in [0.25, 0.3) is 0 Å². The van der Waals surface area contributed by atoms with Gasteiger partial charge in [0.1, 0.15) is 0 Å². The molecule has 0 spiro atoms. The van der Waals surface area contributed by atoms with Gasteiger partial charge in [0.05, 0.1) is 6.33 Å². The zero-order valence-electron chi connectivity index (χ0n) is 9.94. The smallest absolute Gasteiger partial charge is 0.163 e. The van der Waals surface area contributed by atoms with Gasteiger partial charge in [-0.15, -0.1) is 0 Å². The number of nitrogens with one attached hydrogen (secondary N) is 1. The Labute approximate surface area is 104 Å². The molecule has 0 saturated carbocycles. The molecule has 0 fully saturated rings. The van der Waals surface area contributed by atoms with Crippen molar-refractivity contribution in [3.63, 3.8) is 0 Å². The minimum Gasteiger partial charge on any atom is -0.337 e. The van der Waals surface area contributed by atoms with Gasteiger partial charge in [-0.1, -0.05) is 12.1 Å². The lowest BCUT2D eigenvalue weighted by Crippen LogP contribution is -2.17. The van der Waals surface area contributed by atoms with Crippen LogP contribution in [0.3, 0.4) is 0 Å². The molecule has 0 aliphatic heterocycles. The predicted molar refractivity (Wildman–Crippen MR) is 64.9 cm³/mol. The highest BCUT2D eigenvalue weighted by Gasteiger charge is 2.06. The number of aryl methyl sites for hydroxylation is 1. The van der Waals surface area contributed by atoms with Crippen LogP contribution in [-0.2, 0) is 13.1 Å². The molecule has 0 aliphatic rings. The summed E-state index contributed by atoms with van der Waals surface area (Å²) in [6.07, 6.45) is 6.29. The number of hydrogen-bond acceptors (Lipinski definition) is 2. The summed E-state index contributed by atoms with van der Waals surface area (Å²) in [7, 11) is 0. The van der Waals surface area contributed by atoms with E-state index in [1.54, 1.807) is 18.6 Å².